The van der Waals surface area contributed by atoms with Crippen molar-refractivity contribution in [3.05, 3.63) is 45.4 Å². The summed E-state index contributed by atoms with van der Waals surface area (Å²) in [5, 5.41) is 14.5. The van der Waals surface area contributed by atoms with Crippen LogP contribution in [0.4, 0.5) is 0 Å². The minimum absolute atomic E-state index is 0.430. The standard InChI is InChI=1S/C10H9BrClN3O/c1-15-9(7(12)5-14-15)10(16)8-3-2-6(11)4-13-8/h2-5,10,16H,1H3. The fourth-order valence-electron chi connectivity index (χ4n) is 1.42. The molecule has 0 saturated carbocycles. The van der Waals surface area contributed by atoms with E-state index in [2.05, 4.69) is 26.0 Å². The molecule has 2 rings (SSSR count). The molecule has 0 fully saturated rings. The van der Waals surface area contributed by atoms with Crippen molar-refractivity contribution >= 4 is 27.5 Å². The summed E-state index contributed by atoms with van der Waals surface area (Å²) >= 11 is 9.23. The Kier molecular flexibility index (Phi) is 3.28. The van der Waals surface area contributed by atoms with Crippen LogP contribution in [0.15, 0.2) is 29.0 Å². The molecule has 0 saturated heterocycles. The van der Waals surface area contributed by atoms with Gasteiger partial charge in [0, 0.05) is 17.7 Å². The summed E-state index contributed by atoms with van der Waals surface area (Å²) in [7, 11) is 1.73. The lowest BCUT2D eigenvalue weighted by molar-refractivity contribution is 0.205. The first-order valence-corrected chi connectivity index (χ1v) is 5.73. The van der Waals surface area contributed by atoms with Gasteiger partial charge in [0.25, 0.3) is 0 Å². The van der Waals surface area contributed by atoms with Gasteiger partial charge in [0.05, 0.1) is 22.6 Å². The third-order valence-corrected chi connectivity index (χ3v) is 2.99. The number of aliphatic hydroxyl groups excluding tert-OH is 1. The van der Waals surface area contributed by atoms with Gasteiger partial charge in [-0.2, -0.15) is 5.10 Å². The lowest BCUT2D eigenvalue weighted by Crippen LogP contribution is -2.08. The molecule has 4 nitrogen and oxygen atoms in total. The van der Waals surface area contributed by atoms with Crippen molar-refractivity contribution in [1.82, 2.24) is 14.8 Å². The molecule has 2 heterocycles. The van der Waals surface area contributed by atoms with E-state index in [4.69, 9.17) is 11.6 Å². The van der Waals surface area contributed by atoms with Gasteiger partial charge in [0.15, 0.2) is 0 Å². The summed E-state index contributed by atoms with van der Waals surface area (Å²) in [6, 6.07) is 3.55. The van der Waals surface area contributed by atoms with E-state index in [0.29, 0.717) is 16.4 Å². The maximum Gasteiger partial charge on any atom is 0.139 e. The average Bonchev–Trinajstić information content (AvgIpc) is 2.59. The van der Waals surface area contributed by atoms with E-state index >= 15 is 0 Å². The highest BCUT2D eigenvalue weighted by Crippen LogP contribution is 2.26. The third-order valence-electron chi connectivity index (χ3n) is 2.23. The summed E-state index contributed by atoms with van der Waals surface area (Å²) in [6.45, 7) is 0. The van der Waals surface area contributed by atoms with E-state index in [0.717, 1.165) is 4.47 Å². The number of nitrogens with zero attached hydrogens (tertiary/aromatic N) is 3. The Hall–Kier alpha value is -0.910. The van der Waals surface area contributed by atoms with Crippen LogP contribution in [0.5, 0.6) is 0 Å². The zero-order chi connectivity index (χ0) is 11.7. The van der Waals surface area contributed by atoms with E-state index in [9.17, 15) is 5.11 Å². The van der Waals surface area contributed by atoms with E-state index in [1.165, 1.54) is 10.9 Å². The molecule has 1 atom stereocenters. The molecule has 1 unspecified atom stereocenters. The quantitative estimate of drug-likeness (QED) is 0.926. The largest absolute Gasteiger partial charge is 0.380 e. The second-order valence-electron chi connectivity index (χ2n) is 3.31. The third kappa shape index (κ3) is 2.11. The Balaban J connectivity index is 2.39. The van der Waals surface area contributed by atoms with E-state index in [-0.39, 0.29) is 0 Å². The monoisotopic (exact) mass is 301 g/mol. The summed E-state index contributed by atoms with van der Waals surface area (Å²) < 4.78 is 2.40. The van der Waals surface area contributed by atoms with Gasteiger partial charge in [0.1, 0.15) is 6.10 Å². The van der Waals surface area contributed by atoms with Crippen LogP contribution < -0.4 is 0 Å². The number of rotatable bonds is 2. The van der Waals surface area contributed by atoms with Crippen LogP contribution in [-0.2, 0) is 7.05 Å². The number of hydrogen-bond acceptors (Lipinski definition) is 3. The van der Waals surface area contributed by atoms with Gasteiger partial charge in [0.2, 0.25) is 0 Å². The maximum atomic E-state index is 10.1. The summed E-state index contributed by atoms with van der Waals surface area (Å²) in [6.07, 6.45) is 2.26. The van der Waals surface area contributed by atoms with Crippen LogP contribution in [0.1, 0.15) is 17.5 Å². The van der Waals surface area contributed by atoms with Crippen LogP contribution in [0.3, 0.4) is 0 Å². The molecule has 0 amide bonds. The van der Waals surface area contributed by atoms with Crippen LogP contribution in [0.2, 0.25) is 5.02 Å². The molecular weight excluding hydrogens is 293 g/mol. The van der Waals surface area contributed by atoms with Gasteiger partial charge >= 0.3 is 0 Å². The topological polar surface area (TPSA) is 50.9 Å². The lowest BCUT2D eigenvalue weighted by Gasteiger charge is -2.11. The molecule has 16 heavy (non-hydrogen) atoms. The molecule has 84 valence electrons. The molecule has 0 aliphatic carbocycles. The second-order valence-corrected chi connectivity index (χ2v) is 4.63. The summed E-state index contributed by atoms with van der Waals surface area (Å²) in [5.74, 6) is 0. The normalized spacial score (nSPS) is 12.8. The molecule has 0 aliphatic heterocycles. The van der Waals surface area contributed by atoms with E-state index < -0.39 is 6.10 Å². The lowest BCUT2D eigenvalue weighted by atomic mass is 10.1. The van der Waals surface area contributed by atoms with Crippen molar-refractivity contribution < 1.29 is 5.11 Å². The van der Waals surface area contributed by atoms with Crippen LogP contribution >= 0.6 is 27.5 Å². The predicted molar refractivity (Wildman–Crippen MR) is 64.2 cm³/mol. The Bertz CT molecular complexity index is 478. The number of aliphatic hydroxyl groups is 1. The number of pyridine rings is 1. The van der Waals surface area contributed by atoms with Gasteiger partial charge < -0.3 is 5.11 Å². The number of hydrogen-bond donors (Lipinski definition) is 1. The molecule has 1 N–H and O–H groups in total. The zero-order valence-electron chi connectivity index (χ0n) is 8.43. The first-order valence-electron chi connectivity index (χ1n) is 4.56. The molecule has 0 aromatic carbocycles. The van der Waals surface area contributed by atoms with Gasteiger partial charge in [-0.15, -0.1) is 0 Å². The fourth-order valence-corrected chi connectivity index (χ4v) is 1.92. The fraction of sp³-hybridized carbons (Fsp3) is 0.200. The molecule has 6 heteroatoms. The molecule has 0 radical (unpaired) electrons. The van der Waals surface area contributed by atoms with Crippen LogP contribution in [-0.4, -0.2) is 19.9 Å². The van der Waals surface area contributed by atoms with Crippen molar-refractivity contribution in [1.29, 1.82) is 0 Å². The molecular formula is C10H9BrClN3O. The highest BCUT2D eigenvalue weighted by Gasteiger charge is 2.19. The molecule has 2 aromatic heterocycles. The van der Waals surface area contributed by atoms with Crippen molar-refractivity contribution in [3.63, 3.8) is 0 Å². The van der Waals surface area contributed by atoms with Crippen molar-refractivity contribution in [2.45, 2.75) is 6.10 Å². The van der Waals surface area contributed by atoms with Gasteiger partial charge in [-0.3, -0.25) is 9.67 Å². The first kappa shape index (κ1) is 11.6. The Morgan fingerprint density at radius 2 is 2.19 bits per heavy atom. The summed E-state index contributed by atoms with van der Waals surface area (Å²) in [5.41, 5.74) is 1.07. The van der Waals surface area contributed by atoms with Gasteiger partial charge in [-0.05, 0) is 28.1 Å². The highest BCUT2D eigenvalue weighted by atomic mass is 79.9. The van der Waals surface area contributed by atoms with Crippen molar-refractivity contribution in [2.75, 3.05) is 0 Å². The average molecular weight is 303 g/mol. The number of halogens is 2. The van der Waals surface area contributed by atoms with Crippen molar-refractivity contribution in [2.24, 2.45) is 7.05 Å². The van der Waals surface area contributed by atoms with Crippen molar-refractivity contribution in [3.8, 4) is 0 Å². The second kappa shape index (κ2) is 4.53. The number of aromatic nitrogens is 3. The minimum atomic E-state index is -0.868. The maximum absolute atomic E-state index is 10.1. The highest BCUT2D eigenvalue weighted by molar-refractivity contribution is 9.10. The van der Waals surface area contributed by atoms with Gasteiger partial charge in [-0.25, -0.2) is 0 Å². The van der Waals surface area contributed by atoms with Crippen LogP contribution in [0, 0.1) is 0 Å². The molecule has 0 bridgehead atoms. The Morgan fingerprint density at radius 3 is 2.69 bits per heavy atom. The van der Waals surface area contributed by atoms with E-state index in [1.807, 2.05) is 6.07 Å². The zero-order valence-corrected chi connectivity index (χ0v) is 10.8. The van der Waals surface area contributed by atoms with Gasteiger partial charge in [-0.1, -0.05) is 11.6 Å². The predicted octanol–water partition coefficient (Wildman–Crippen LogP) is 2.31. The SMILES string of the molecule is Cn1ncc(Cl)c1C(O)c1ccc(Br)cn1. The Labute approximate surface area is 106 Å². The Morgan fingerprint density at radius 1 is 1.44 bits per heavy atom. The molecule has 0 spiro atoms. The minimum Gasteiger partial charge on any atom is -0.380 e. The number of aryl methyl sites for hydroxylation is 1. The van der Waals surface area contributed by atoms with E-state index in [1.54, 1.807) is 19.3 Å². The molecule has 0 aliphatic rings. The molecule has 2 aromatic rings. The summed E-state index contributed by atoms with van der Waals surface area (Å²) in [4.78, 5) is 4.12. The smallest absolute Gasteiger partial charge is 0.139 e. The van der Waals surface area contributed by atoms with Crippen LogP contribution in [0.25, 0.3) is 0 Å². The first-order chi connectivity index (χ1) is 7.59.